The molecule has 12 heteroatoms. The van der Waals surface area contributed by atoms with Gasteiger partial charge in [0.05, 0.1) is 41.2 Å². The third-order valence-corrected chi connectivity index (χ3v) is 7.52. The zero-order valence-electron chi connectivity index (χ0n) is 22.8. The second-order valence-electron chi connectivity index (χ2n) is 10.0. The van der Waals surface area contributed by atoms with Crippen LogP contribution in [0.15, 0.2) is 59.5 Å². The van der Waals surface area contributed by atoms with Crippen LogP contribution in [0.3, 0.4) is 0 Å². The van der Waals surface area contributed by atoms with E-state index in [4.69, 9.17) is 15.6 Å². The molecule has 5 rings (SSSR count). The van der Waals surface area contributed by atoms with E-state index in [-0.39, 0.29) is 56.5 Å². The average Bonchev–Trinajstić information content (AvgIpc) is 2.99. The van der Waals surface area contributed by atoms with E-state index in [1.807, 2.05) is 0 Å². The number of aromatic nitrogens is 2. The van der Waals surface area contributed by atoms with Gasteiger partial charge < -0.3 is 25.4 Å². The van der Waals surface area contributed by atoms with Gasteiger partial charge >= 0.3 is 6.18 Å². The minimum atomic E-state index is -4.71. The molecule has 0 bridgehead atoms. The summed E-state index contributed by atoms with van der Waals surface area (Å²) < 4.78 is 49.7. The first-order valence-corrected chi connectivity index (χ1v) is 13.3. The zero-order chi connectivity index (χ0) is 30.0. The minimum Gasteiger partial charge on any atom is -0.384 e. The van der Waals surface area contributed by atoms with Crippen molar-refractivity contribution in [1.29, 1.82) is 10.8 Å². The second-order valence-corrected chi connectivity index (χ2v) is 10.0. The fourth-order valence-electron chi connectivity index (χ4n) is 5.34. The van der Waals surface area contributed by atoms with Crippen LogP contribution in [0, 0.1) is 10.8 Å². The molecule has 2 N–H and O–H groups in total. The van der Waals surface area contributed by atoms with Gasteiger partial charge in [-0.15, -0.1) is 0 Å². The number of hydrogen-bond acceptors (Lipinski definition) is 7. The molecule has 1 aliphatic rings. The lowest BCUT2D eigenvalue weighted by molar-refractivity contribution is -0.137. The third kappa shape index (κ3) is 5.49. The van der Waals surface area contributed by atoms with Gasteiger partial charge in [-0.3, -0.25) is 19.1 Å². The zero-order valence-corrected chi connectivity index (χ0v) is 22.8. The molecule has 0 spiro atoms. The lowest BCUT2D eigenvalue weighted by atomic mass is 9.98. The summed E-state index contributed by atoms with van der Waals surface area (Å²) in [5, 5.41) is 16.4. The van der Waals surface area contributed by atoms with E-state index in [9.17, 15) is 22.8 Å². The molecular weight excluding hydrogens is 549 g/mol. The second kappa shape index (κ2) is 11.7. The number of nitrogens with one attached hydrogen (secondary N) is 2. The van der Waals surface area contributed by atoms with Crippen molar-refractivity contribution >= 4 is 45.8 Å². The van der Waals surface area contributed by atoms with Crippen molar-refractivity contribution in [3.05, 3.63) is 76.2 Å². The Kier molecular flexibility index (Phi) is 8.08. The highest BCUT2D eigenvalue weighted by Crippen LogP contribution is 2.39. The van der Waals surface area contributed by atoms with E-state index in [1.54, 1.807) is 40.3 Å². The van der Waals surface area contributed by atoms with Gasteiger partial charge in [-0.05, 0) is 42.0 Å². The summed E-state index contributed by atoms with van der Waals surface area (Å²) in [5.74, 6) is -0.698. The smallest absolute Gasteiger partial charge is 0.384 e. The number of pyridine rings is 2. The molecule has 4 aromatic rings. The van der Waals surface area contributed by atoms with E-state index in [0.29, 0.717) is 27.4 Å². The Bertz CT molecular complexity index is 1720. The van der Waals surface area contributed by atoms with Crippen molar-refractivity contribution in [3.8, 4) is 5.69 Å². The fraction of sp³-hybridized carbons (Fsp3) is 0.300. The number of amides is 1. The molecule has 0 saturated carbocycles. The Hall–Kier alpha value is -4.58. The summed E-state index contributed by atoms with van der Waals surface area (Å²) in [6, 6.07) is 11.9. The van der Waals surface area contributed by atoms with Gasteiger partial charge in [-0.25, -0.2) is 0 Å². The number of alkyl halides is 3. The van der Waals surface area contributed by atoms with Gasteiger partial charge in [0, 0.05) is 74.4 Å². The van der Waals surface area contributed by atoms with Crippen LogP contribution >= 0.6 is 0 Å². The highest BCUT2D eigenvalue weighted by molar-refractivity contribution is 6.05. The Balaban J connectivity index is 1.61. The highest BCUT2D eigenvalue weighted by Gasteiger charge is 2.36. The number of hydrogen-bond donors (Lipinski definition) is 2. The van der Waals surface area contributed by atoms with Gasteiger partial charge in [0.1, 0.15) is 0 Å². The number of piperazine rings is 1. The summed E-state index contributed by atoms with van der Waals surface area (Å²) in [5.41, 5.74) is 0.156. The lowest BCUT2D eigenvalue weighted by Gasteiger charge is -2.37. The number of rotatable bonds is 8. The molecule has 2 aromatic carbocycles. The van der Waals surface area contributed by atoms with Gasteiger partial charge in [0.15, 0.2) is 0 Å². The largest absolute Gasteiger partial charge is 0.418 e. The van der Waals surface area contributed by atoms with Crippen molar-refractivity contribution in [1.82, 2.24) is 14.5 Å². The number of benzene rings is 2. The predicted molar refractivity (Wildman–Crippen MR) is 155 cm³/mol. The molecule has 1 fully saturated rings. The standard InChI is InChI=1S/C30H29F3N6O3/c1-42-13-8-27(40)38-11-9-37(10-12-38)26-6-4-22(15-24(26)30(31,32)33)39-28(41)7-3-20-18-36-25-5-2-19(21(16-34)17-35)14-23(25)29(20)39/h2-7,14-18,21,34-35H,8-13H2,1H3. The minimum absolute atomic E-state index is 0.0165. The van der Waals surface area contributed by atoms with Crippen LogP contribution in [0.25, 0.3) is 27.5 Å². The molecule has 1 amide bonds. The molecule has 3 heterocycles. The average molecular weight is 579 g/mol. The molecule has 2 aromatic heterocycles. The van der Waals surface area contributed by atoms with Crippen LogP contribution < -0.4 is 10.5 Å². The summed E-state index contributed by atoms with van der Waals surface area (Å²) >= 11 is 0. The van der Waals surface area contributed by atoms with Gasteiger partial charge in [-0.1, -0.05) is 6.07 Å². The first-order valence-electron chi connectivity index (χ1n) is 13.3. The summed E-state index contributed by atoms with van der Waals surface area (Å²) in [4.78, 5) is 33.3. The van der Waals surface area contributed by atoms with Crippen molar-refractivity contribution < 1.29 is 22.7 Å². The molecule has 0 unspecified atom stereocenters. The number of nitrogens with zero attached hydrogens (tertiary/aromatic N) is 4. The van der Waals surface area contributed by atoms with E-state index in [1.165, 1.54) is 29.9 Å². The molecule has 0 aliphatic carbocycles. The first kappa shape index (κ1) is 28.9. The molecule has 9 nitrogen and oxygen atoms in total. The number of carbonyl (C=O) groups excluding carboxylic acids is 1. The monoisotopic (exact) mass is 578 g/mol. The van der Waals surface area contributed by atoms with E-state index in [2.05, 4.69) is 4.98 Å². The number of ether oxygens (including phenoxy) is 1. The van der Waals surface area contributed by atoms with Crippen molar-refractivity contribution in [2.24, 2.45) is 0 Å². The van der Waals surface area contributed by atoms with Crippen LogP contribution in [0.4, 0.5) is 18.9 Å². The molecule has 0 atom stereocenters. The maximum atomic E-state index is 14.5. The number of anilines is 1. The summed E-state index contributed by atoms with van der Waals surface area (Å²) in [7, 11) is 1.50. The van der Waals surface area contributed by atoms with Crippen LogP contribution in [-0.2, 0) is 15.7 Å². The van der Waals surface area contributed by atoms with Gasteiger partial charge in [0.2, 0.25) is 5.91 Å². The number of halogens is 3. The molecule has 1 saturated heterocycles. The van der Waals surface area contributed by atoms with Crippen molar-refractivity contribution in [2.75, 3.05) is 44.8 Å². The molecule has 0 radical (unpaired) electrons. The maximum absolute atomic E-state index is 14.5. The third-order valence-electron chi connectivity index (χ3n) is 7.52. The quantitative estimate of drug-likeness (QED) is 0.234. The Morgan fingerprint density at radius 2 is 1.79 bits per heavy atom. The fourth-order valence-corrected chi connectivity index (χ4v) is 5.34. The number of methoxy groups -OCH3 is 1. The van der Waals surface area contributed by atoms with E-state index >= 15 is 0 Å². The van der Waals surface area contributed by atoms with E-state index in [0.717, 1.165) is 18.5 Å². The topological polar surface area (TPSA) is 115 Å². The van der Waals surface area contributed by atoms with Crippen LogP contribution in [0.1, 0.15) is 23.5 Å². The Morgan fingerprint density at radius 3 is 2.45 bits per heavy atom. The van der Waals surface area contributed by atoms with Crippen LogP contribution in [0.5, 0.6) is 0 Å². The highest BCUT2D eigenvalue weighted by atomic mass is 19.4. The van der Waals surface area contributed by atoms with Gasteiger partial charge in [0.25, 0.3) is 5.56 Å². The normalized spacial score (nSPS) is 14.8. The SMILES string of the molecule is COCCC(=O)N1CCN(c2ccc(-n3c(=O)ccc4cnc5ccc(C(C=N)C=N)cc5c43)cc2C(F)(F)F)CC1. The maximum Gasteiger partial charge on any atom is 0.418 e. The lowest BCUT2D eigenvalue weighted by Crippen LogP contribution is -2.49. The Labute approximate surface area is 239 Å². The van der Waals surface area contributed by atoms with Crippen LogP contribution in [-0.4, -0.2) is 72.7 Å². The summed E-state index contributed by atoms with van der Waals surface area (Å²) in [6.07, 6.45) is -0.700. The van der Waals surface area contributed by atoms with Crippen molar-refractivity contribution in [2.45, 2.75) is 18.5 Å². The van der Waals surface area contributed by atoms with Crippen molar-refractivity contribution in [3.63, 3.8) is 0 Å². The van der Waals surface area contributed by atoms with E-state index < -0.39 is 23.2 Å². The molecular formula is C30H29F3N6O3. The molecule has 1 aliphatic heterocycles. The number of carbonyl (C=O) groups is 1. The number of fused-ring (bicyclic) bond motifs is 3. The summed E-state index contributed by atoms with van der Waals surface area (Å²) in [6.45, 7) is 1.33. The first-order chi connectivity index (χ1) is 20.2. The Morgan fingerprint density at radius 1 is 1.05 bits per heavy atom. The van der Waals surface area contributed by atoms with Gasteiger partial charge in [-0.2, -0.15) is 13.2 Å². The molecule has 42 heavy (non-hydrogen) atoms. The van der Waals surface area contributed by atoms with Crippen LogP contribution in [0.2, 0.25) is 0 Å². The predicted octanol–water partition coefficient (Wildman–Crippen LogP) is 4.63. The molecule has 218 valence electrons.